The maximum atomic E-state index is 6.13. The van der Waals surface area contributed by atoms with Crippen molar-refractivity contribution in [3.8, 4) is 0 Å². The predicted octanol–water partition coefficient (Wildman–Crippen LogP) is 3.26. The molecular formula is C15H32N2. The first-order valence-corrected chi connectivity index (χ1v) is 7.54. The summed E-state index contributed by atoms with van der Waals surface area (Å²) in [6.07, 6.45) is 6.41. The number of nitrogens with two attached hydrogens (primary N) is 1. The van der Waals surface area contributed by atoms with Crippen LogP contribution in [-0.2, 0) is 0 Å². The van der Waals surface area contributed by atoms with Gasteiger partial charge in [-0.05, 0) is 37.6 Å². The summed E-state index contributed by atoms with van der Waals surface area (Å²) in [6, 6.07) is 0. The second-order valence-electron chi connectivity index (χ2n) is 6.07. The van der Waals surface area contributed by atoms with Crippen molar-refractivity contribution in [3.05, 3.63) is 0 Å². The third kappa shape index (κ3) is 3.45. The quantitative estimate of drug-likeness (QED) is 0.772. The Morgan fingerprint density at radius 1 is 1.24 bits per heavy atom. The number of piperidine rings is 1. The Kier molecular flexibility index (Phi) is 5.94. The summed E-state index contributed by atoms with van der Waals surface area (Å²) < 4.78 is 0. The first-order chi connectivity index (χ1) is 8.09. The fourth-order valence-electron chi connectivity index (χ4n) is 3.13. The van der Waals surface area contributed by atoms with Crippen LogP contribution in [0.15, 0.2) is 0 Å². The first-order valence-electron chi connectivity index (χ1n) is 7.54. The molecule has 0 amide bonds. The van der Waals surface area contributed by atoms with Crippen molar-refractivity contribution in [1.29, 1.82) is 0 Å². The van der Waals surface area contributed by atoms with Crippen LogP contribution < -0.4 is 5.73 Å². The maximum Gasteiger partial charge on any atom is 0.0329 e. The van der Waals surface area contributed by atoms with Crippen LogP contribution in [0, 0.1) is 11.8 Å². The normalized spacial score (nSPS) is 30.2. The molecule has 1 heterocycles. The molecule has 2 nitrogen and oxygen atoms in total. The number of rotatable bonds is 6. The third-order valence-corrected chi connectivity index (χ3v) is 5.04. The number of hydrogen-bond acceptors (Lipinski definition) is 2. The molecule has 1 fully saturated rings. The van der Waals surface area contributed by atoms with E-state index in [2.05, 4.69) is 32.6 Å². The lowest BCUT2D eigenvalue weighted by Gasteiger charge is -2.48. The summed E-state index contributed by atoms with van der Waals surface area (Å²) >= 11 is 0. The van der Waals surface area contributed by atoms with Gasteiger partial charge in [-0.2, -0.15) is 0 Å². The zero-order chi connectivity index (χ0) is 12.9. The Morgan fingerprint density at radius 3 is 2.41 bits per heavy atom. The SMILES string of the molecule is CCCCC(CC)(CN)N1CCC(C)C(C)C1. The summed E-state index contributed by atoms with van der Waals surface area (Å²) in [6.45, 7) is 12.7. The lowest BCUT2D eigenvalue weighted by Crippen LogP contribution is -2.57. The molecule has 102 valence electrons. The highest BCUT2D eigenvalue weighted by Crippen LogP contribution is 2.32. The minimum atomic E-state index is 0.282. The van der Waals surface area contributed by atoms with E-state index in [1.165, 1.54) is 45.2 Å². The minimum absolute atomic E-state index is 0.282. The van der Waals surface area contributed by atoms with Crippen LogP contribution in [0.1, 0.15) is 59.8 Å². The summed E-state index contributed by atoms with van der Waals surface area (Å²) in [5, 5.41) is 0. The number of unbranched alkanes of at least 4 members (excludes halogenated alkanes) is 1. The van der Waals surface area contributed by atoms with Crippen molar-refractivity contribution in [2.75, 3.05) is 19.6 Å². The van der Waals surface area contributed by atoms with Gasteiger partial charge in [-0.3, -0.25) is 4.90 Å². The van der Waals surface area contributed by atoms with Crippen LogP contribution in [0.25, 0.3) is 0 Å². The Hall–Kier alpha value is -0.0800. The van der Waals surface area contributed by atoms with E-state index < -0.39 is 0 Å². The molecule has 1 aliphatic heterocycles. The molecule has 3 atom stereocenters. The smallest absolute Gasteiger partial charge is 0.0329 e. The van der Waals surface area contributed by atoms with E-state index in [0.29, 0.717) is 0 Å². The molecule has 0 aromatic heterocycles. The molecule has 0 aromatic rings. The second-order valence-corrected chi connectivity index (χ2v) is 6.07. The van der Waals surface area contributed by atoms with Crippen molar-refractivity contribution in [1.82, 2.24) is 4.90 Å². The van der Waals surface area contributed by atoms with Gasteiger partial charge in [0.2, 0.25) is 0 Å². The highest BCUT2D eigenvalue weighted by Gasteiger charge is 2.36. The Balaban J connectivity index is 2.69. The van der Waals surface area contributed by atoms with Crippen LogP contribution in [0.2, 0.25) is 0 Å². The van der Waals surface area contributed by atoms with E-state index in [1.54, 1.807) is 0 Å². The van der Waals surface area contributed by atoms with E-state index in [9.17, 15) is 0 Å². The van der Waals surface area contributed by atoms with Crippen molar-refractivity contribution in [2.24, 2.45) is 17.6 Å². The zero-order valence-electron chi connectivity index (χ0n) is 12.3. The van der Waals surface area contributed by atoms with Crippen molar-refractivity contribution in [3.63, 3.8) is 0 Å². The molecule has 1 aliphatic rings. The van der Waals surface area contributed by atoms with E-state index >= 15 is 0 Å². The summed E-state index contributed by atoms with van der Waals surface area (Å²) in [4.78, 5) is 2.70. The largest absolute Gasteiger partial charge is 0.329 e. The fourth-order valence-corrected chi connectivity index (χ4v) is 3.13. The van der Waals surface area contributed by atoms with Gasteiger partial charge in [0.25, 0.3) is 0 Å². The van der Waals surface area contributed by atoms with Crippen LogP contribution in [0.4, 0.5) is 0 Å². The molecule has 0 aromatic carbocycles. The number of likely N-dealkylation sites (tertiary alicyclic amines) is 1. The van der Waals surface area contributed by atoms with E-state index in [0.717, 1.165) is 18.4 Å². The molecule has 0 saturated carbocycles. The molecule has 17 heavy (non-hydrogen) atoms. The Labute approximate surface area is 108 Å². The average Bonchev–Trinajstić information content (AvgIpc) is 2.35. The van der Waals surface area contributed by atoms with Crippen molar-refractivity contribution >= 4 is 0 Å². The fraction of sp³-hybridized carbons (Fsp3) is 1.00. The molecular weight excluding hydrogens is 208 g/mol. The molecule has 0 spiro atoms. The molecule has 1 rings (SSSR count). The van der Waals surface area contributed by atoms with Gasteiger partial charge in [0.1, 0.15) is 0 Å². The summed E-state index contributed by atoms with van der Waals surface area (Å²) in [5.41, 5.74) is 6.41. The molecule has 2 heteroatoms. The van der Waals surface area contributed by atoms with Gasteiger partial charge < -0.3 is 5.73 Å². The van der Waals surface area contributed by atoms with Gasteiger partial charge in [0.15, 0.2) is 0 Å². The lowest BCUT2D eigenvalue weighted by atomic mass is 9.81. The van der Waals surface area contributed by atoms with Gasteiger partial charge in [-0.15, -0.1) is 0 Å². The molecule has 0 bridgehead atoms. The summed E-state index contributed by atoms with van der Waals surface area (Å²) in [7, 11) is 0. The molecule has 2 N–H and O–H groups in total. The van der Waals surface area contributed by atoms with Crippen LogP contribution in [0.3, 0.4) is 0 Å². The van der Waals surface area contributed by atoms with Gasteiger partial charge in [-0.1, -0.05) is 40.5 Å². The third-order valence-electron chi connectivity index (χ3n) is 5.04. The predicted molar refractivity (Wildman–Crippen MR) is 76.1 cm³/mol. The van der Waals surface area contributed by atoms with E-state index in [-0.39, 0.29) is 5.54 Å². The summed E-state index contributed by atoms with van der Waals surface area (Å²) in [5.74, 6) is 1.70. The standard InChI is InChI=1S/C15H32N2/c1-5-7-9-15(6-2,12-16)17-10-8-13(3)14(4)11-17/h13-14H,5-12,16H2,1-4H3. The van der Waals surface area contributed by atoms with Crippen LogP contribution in [-0.4, -0.2) is 30.1 Å². The van der Waals surface area contributed by atoms with Gasteiger partial charge >= 0.3 is 0 Å². The van der Waals surface area contributed by atoms with Crippen molar-refractivity contribution in [2.45, 2.75) is 65.3 Å². The van der Waals surface area contributed by atoms with E-state index in [4.69, 9.17) is 5.73 Å². The molecule has 1 saturated heterocycles. The van der Waals surface area contributed by atoms with Gasteiger partial charge in [0, 0.05) is 18.6 Å². The minimum Gasteiger partial charge on any atom is -0.329 e. The molecule has 0 aliphatic carbocycles. The monoisotopic (exact) mass is 240 g/mol. The molecule has 0 radical (unpaired) electrons. The topological polar surface area (TPSA) is 29.3 Å². The van der Waals surface area contributed by atoms with Crippen LogP contribution in [0.5, 0.6) is 0 Å². The van der Waals surface area contributed by atoms with Gasteiger partial charge in [0.05, 0.1) is 0 Å². The van der Waals surface area contributed by atoms with Crippen molar-refractivity contribution < 1.29 is 0 Å². The Bertz CT molecular complexity index is 211. The highest BCUT2D eigenvalue weighted by molar-refractivity contribution is 4.93. The second kappa shape index (κ2) is 6.75. The van der Waals surface area contributed by atoms with Gasteiger partial charge in [-0.25, -0.2) is 0 Å². The number of hydrogen-bond donors (Lipinski definition) is 1. The van der Waals surface area contributed by atoms with Crippen LogP contribution >= 0.6 is 0 Å². The van der Waals surface area contributed by atoms with E-state index in [1.807, 2.05) is 0 Å². The highest BCUT2D eigenvalue weighted by atomic mass is 15.2. The zero-order valence-corrected chi connectivity index (χ0v) is 12.3. The lowest BCUT2D eigenvalue weighted by molar-refractivity contribution is 0.0209. The average molecular weight is 240 g/mol. The maximum absolute atomic E-state index is 6.13. The number of nitrogens with zero attached hydrogens (tertiary/aromatic N) is 1. The first kappa shape index (κ1) is 15.0. The Morgan fingerprint density at radius 2 is 1.94 bits per heavy atom. The molecule has 3 unspecified atom stereocenters.